The van der Waals surface area contributed by atoms with Gasteiger partial charge in [-0.2, -0.15) is 0 Å². The van der Waals surface area contributed by atoms with E-state index in [2.05, 4.69) is 17.4 Å². The largest absolute Gasteiger partial charge is 0.391 e. The highest BCUT2D eigenvalue weighted by Crippen LogP contribution is 2.44. The topological polar surface area (TPSA) is 49.3 Å². The Morgan fingerprint density at radius 3 is 2.40 bits per heavy atom. The average Bonchev–Trinajstić information content (AvgIpc) is 2.41. The van der Waals surface area contributed by atoms with Crippen LogP contribution in [-0.2, 0) is 10.2 Å². The number of carbonyl (C=O) groups excluding carboxylic acids is 1. The maximum atomic E-state index is 12.7. The zero-order valence-corrected chi connectivity index (χ0v) is 11.8. The smallest absolute Gasteiger partial charge is 0.230 e. The van der Waals surface area contributed by atoms with E-state index in [1.807, 2.05) is 18.2 Å². The van der Waals surface area contributed by atoms with Crippen molar-refractivity contribution in [2.24, 2.45) is 0 Å². The molecule has 1 aromatic rings. The van der Waals surface area contributed by atoms with E-state index in [4.69, 9.17) is 0 Å². The SMILES string of the molecule is O=C(N[C@H]1CCCC[C@@H]1O)C1(c2ccccc2)CCC1. The van der Waals surface area contributed by atoms with Crippen molar-refractivity contribution in [1.29, 1.82) is 0 Å². The molecule has 2 aliphatic carbocycles. The highest BCUT2D eigenvalue weighted by Gasteiger charge is 2.46. The van der Waals surface area contributed by atoms with E-state index in [9.17, 15) is 9.90 Å². The maximum Gasteiger partial charge on any atom is 0.230 e. The van der Waals surface area contributed by atoms with Crippen molar-refractivity contribution in [1.82, 2.24) is 5.32 Å². The fourth-order valence-corrected chi connectivity index (χ4v) is 3.52. The van der Waals surface area contributed by atoms with Gasteiger partial charge in [0.2, 0.25) is 5.91 Å². The second-order valence-electron chi connectivity index (χ2n) is 6.23. The zero-order valence-electron chi connectivity index (χ0n) is 11.8. The summed E-state index contributed by atoms with van der Waals surface area (Å²) in [7, 11) is 0. The molecule has 3 rings (SSSR count). The first-order chi connectivity index (χ1) is 9.72. The van der Waals surface area contributed by atoms with Crippen LogP contribution in [0, 0.1) is 0 Å². The lowest BCUT2D eigenvalue weighted by Gasteiger charge is -2.42. The van der Waals surface area contributed by atoms with Gasteiger partial charge in [0, 0.05) is 0 Å². The fraction of sp³-hybridized carbons (Fsp3) is 0.588. The van der Waals surface area contributed by atoms with Gasteiger partial charge in [-0.25, -0.2) is 0 Å². The second kappa shape index (κ2) is 5.57. The average molecular weight is 273 g/mol. The standard InChI is InChI=1S/C17H23NO2/c19-15-10-5-4-9-14(15)18-16(20)17(11-6-12-17)13-7-2-1-3-8-13/h1-3,7-8,14-15,19H,4-6,9-12H2,(H,18,20)/t14-,15-/m0/s1. The Morgan fingerprint density at radius 1 is 1.10 bits per heavy atom. The molecular formula is C17H23NO2. The minimum Gasteiger partial charge on any atom is -0.391 e. The number of amides is 1. The van der Waals surface area contributed by atoms with Crippen molar-refractivity contribution >= 4 is 5.91 Å². The normalized spacial score (nSPS) is 28.4. The van der Waals surface area contributed by atoms with Crippen LogP contribution in [0.2, 0.25) is 0 Å². The van der Waals surface area contributed by atoms with Crippen LogP contribution in [0.15, 0.2) is 30.3 Å². The molecule has 0 unspecified atom stereocenters. The van der Waals surface area contributed by atoms with Crippen LogP contribution in [-0.4, -0.2) is 23.2 Å². The molecule has 108 valence electrons. The zero-order chi connectivity index (χ0) is 14.0. The van der Waals surface area contributed by atoms with Gasteiger partial charge >= 0.3 is 0 Å². The third kappa shape index (κ3) is 2.35. The molecule has 1 amide bonds. The summed E-state index contributed by atoms with van der Waals surface area (Å²) in [6.45, 7) is 0. The molecule has 1 aromatic carbocycles. The summed E-state index contributed by atoms with van der Waals surface area (Å²) in [6, 6.07) is 10.0. The van der Waals surface area contributed by atoms with Gasteiger partial charge in [-0.15, -0.1) is 0 Å². The first kappa shape index (κ1) is 13.6. The van der Waals surface area contributed by atoms with E-state index in [1.165, 1.54) is 0 Å². The molecule has 2 N–H and O–H groups in total. The highest BCUT2D eigenvalue weighted by molar-refractivity contribution is 5.89. The molecule has 0 aliphatic heterocycles. The van der Waals surface area contributed by atoms with Crippen molar-refractivity contribution in [3.8, 4) is 0 Å². The molecule has 0 heterocycles. The summed E-state index contributed by atoms with van der Waals surface area (Å²) < 4.78 is 0. The summed E-state index contributed by atoms with van der Waals surface area (Å²) in [5.41, 5.74) is 0.771. The van der Waals surface area contributed by atoms with Gasteiger partial charge < -0.3 is 10.4 Å². The van der Waals surface area contributed by atoms with Gasteiger partial charge in [0.15, 0.2) is 0 Å². The third-order valence-corrected chi connectivity index (χ3v) is 5.01. The quantitative estimate of drug-likeness (QED) is 0.889. The summed E-state index contributed by atoms with van der Waals surface area (Å²) in [6.07, 6.45) is 6.45. The minimum atomic E-state index is -0.374. The molecular weight excluding hydrogens is 250 g/mol. The van der Waals surface area contributed by atoms with Crippen LogP contribution in [0.1, 0.15) is 50.5 Å². The Morgan fingerprint density at radius 2 is 1.80 bits per heavy atom. The van der Waals surface area contributed by atoms with Crippen LogP contribution in [0.4, 0.5) is 0 Å². The van der Waals surface area contributed by atoms with Gasteiger partial charge in [0.05, 0.1) is 17.6 Å². The Labute approximate surface area is 120 Å². The summed E-state index contributed by atoms with van der Waals surface area (Å²) in [5, 5.41) is 13.2. The number of nitrogens with one attached hydrogen (secondary N) is 1. The highest BCUT2D eigenvalue weighted by atomic mass is 16.3. The van der Waals surface area contributed by atoms with Crippen molar-refractivity contribution < 1.29 is 9.90 Å². The maximum absolute atomic E-state index is 12.7. The van der Waals surface area contributed by atoms with Crippen LogP contribution in [0.3, 0.4) is 0 Å². The van der Waals surface area contributed by atoms with Crippen LogP contribution in [0.5, 0.6) is 0 Å². The second-order valence-corrected chi connectivity index (χ2v) is 6.23. The summed E-state index contributed by atoms with van der Waals surface area (Å²) in [5.74, 6) is 0.112. The van der Waals surface area contributed by atoms with E-state index in [0.29, 0.717) is 0 Å². The molecule has 3 nitrogen and oxygen atoms in total. The van der Waals surface area contributed by atoms with E-state index < -0.39 is 0 Å². The first-order valence-electron chi connectivity index (χ1n) is 7.77. The van der Waals surface area contributed by atoms with Gasteiger partial charge in [-0.3, -0.25) is 4.79 Å². The summed E-state index contributed by atoms with van der Waals surface area (Å²) >= 11 is 0. The first-order valence-corrected chi connectivity index (χ1v) is 7.77. The summed E-state index contributed by atoms with van der Waals surface area (Å²) in [4.78, 5) is 12.7. The fourth-order valence-electron chi connectivity index (χ4n) is 3.52. The van der Waals surface area contributed by atoms with Crippen LogP contribution in [0.25, 0.3) is 0 Å². The van der Waals surface area contributed by atoms with Gasteiger partial charge in [-0.1, -0.05) is 49.6 Å². The number of aliphatic hydroxyl groups is 1. The van der Waals surface area contributed by atoms with Crippen molar-refractivity contribution in [2.45, 2.75) is 62.5 Å². The molecule has 2 aliphatic rings. The lowest BCUT2D eigenvalue weighted by Crippen LogP contribution is -2.55. The Balaban J connectivity index is 1.74. The number of benzene rings is 1. The van der Waals surface area contributed by atoms with Gasteiger partial charge in [0.25, 0.3) is 0 Å². The molecule has 2 saturated carbocycles. The minimum absolute atomic E-state index is 0.0579. The predicted molar refractivity (Wildman–Crippen MR) is 78.4 cm³/mol. The third-order valence-electron chi connectivity index (χ3n) is 5.01. The number of hydrogen-bond donors (Lipinski definition) is 2. The molecule has 20 heavy (non-hydrogen) atoms. The number of rotatable bonds is 3. The van der Waals surface area contributed by atoms with E-state index in [-0.39, 0.29) is 23.5 Å². The Bertz CT molecular complexity index is 467. The molecule has 0 saturated heterocycles. The van der Waals surface area contributed by atoms with Crippen molar-refractivity contribution in [3.05, 3.63) is 35.9 Å². The number of aliphatic hydroxyl groups excluding tert-OH is 1. The molecule has 2 atom stereocenters. The number of hydrogen-bond acceptors (Lipinski definition) is 2. The van der Waals surface area contributed by atoms with Gasteiger partial charge in [0.1, 0.15) is 0 Å². The van der Waals surface area contributed by atoms with Crippen LogP contribution >= 0.6 is 0 Å². The molecule has 3 heteroatoms. The molecule has 2 fully saturated rings. The van der Waals surface area contributed by atoms with Gasteiger partial charge in [-0.05, 0) is 31.2 Å². The van der Waals surface area contributed by atoms with Crippen molar-refractivity contribution in [2.75, 3.05) is 0 Å². The Hall–Kier alpha value is -1.35. The molecule has 0 aromatic heterocycles. The van der Waals surface area contributed by atoms with Crippen LogP contribution < -0.4 is 5.32 Å². The van der Waals surface area contributed by atoms with Crippen molar-refractivity contribution in [3.63, 3.8) is 0 Å². The lowest BCUT2D eigenvalue weighted by atomic mass is 9.63. The Kier molecular flexibility index (Phi) is 3.79. The molecule has 0 spiro atoms. The predicted octanol–water partition coefficient (Wildman–Crippen LogP) is 2.53. The van der Waals surface area contributed by atoms with E-state index in [1.54, 1.807) is 0 Å². The molecule has 0 radical (unpaired) electrons. The molecule has 0 bridgehead atoms. The van der Waals surface area contributed by atoms with E-state index >= 15 is 0 Å². The van der Waals surface area contributed by atoms with E-state index in [0.717, 1.165) is 50.5 Å². The monoisotopic (exact) mass is 273 g/mol. The number of carbonyl (C=O) groups is 1. The lowest BCUT2D eigenvalue weighted by molar-refractivity contribution is -0.132.